The quantitative estimate of drug-likeness (QED) is 0.336. The van der Waals surface area contributed by atoms with Gasteiger partial charge < -0.3 is 15.0 Å². The first-order valence-electron chi connectivity index (χ1n) is 15.6. The van der Waals surface area contributed by atoms with E-state index in [4.69, 9.17) is 16.3 Å². The first-order chi connectivity index (χ1) is 21.8. The zero-order chi connectivity index (χ0) is 31.5. The molecule has 0 spiro atoms. The second kappa shape index (κ2) is 14.0. The molecule has 13 nitrogen and oxygen atoms in total. The molecule has 0 saturated carbocycles. The number of methoxy groups -OCH3 is 1. The summed E-state index contributed by atoms with van der Waals surface area (Å²) in [5.41, 5.74) is 2.27. The van der Waals surface area contributed by atoms with E-state index in [1.165, 1.54) is 18.9 Å². The highest BCUT2D eigenvalue weighted by Gasteiger charge is 2.29. The minimum absolute atomic E-state index is 0.217. The van der Waals surface area contributed by atoms with Gasteiger partial charge in [-0.25, -0.2) is 18.3 Å². The number of ether oxygens (including phenoxy) is 1. The van der Waals surface area contributed by atoms with Gasteiger partial charge in [0.15, 0.2) is 5.82 Å². The molecule has 6 rings (SSSR count). The summed E-state index contributed by atoms with van der Waals surface area (Å²) in [5.74, 6) is 2.32. The maximum absolute atomic E-state index is 13.0. The van der Waals surface area contributed by atoms with E-state index in [1.807, 2.05) is 11.7 Å². The Morgan fingerprint density at radius 2 is 1.89 bits per heavy atom. The Bertz CT molecular complexity index is 1570. The monoisotopic (exact) mass is 657 g/mol. The lowest BCUT2D eigenvalue weighted by atomic mass is 9.89. The Kier molecular flexibility index (Phi) is 9.83. The van der Waals surface area contributed by atoms with Crippen molar-refractivity contribution in [2.75, 3.05) is 62.3 Å². The summed E-state index contributed by atoms with van der Waals surface area (Å²) in [5, 5.41) is 11.6. The van der Waals surface area contributed by atoms with Gasteiger partial charge >= 0.3 is 6.03 Å². The van der Waals surface area contributed by atoms with Crippen LogP contribution in [0.1, 0.15) is 50.0 Å². The Labute approximate surface area is 270 Å². The molecular weight excluding hydrogens is 618 g/mol. The zero-order valence-corrected chi connectivity index (χ0v) is 27.3. The number of imide groups is 1. The van der Waals surface area contributed by atoms with E-state index in [-0.39, 0.29) is 18.4 Å². The van der Waals surface area contributed by atoms with Crippen LogP contribution in [0, 0.1) is 0 Å². The van der Waals surface area contributed by atoms with Gasteiger partial charge in [0.25, 0.3) is 0 Å². The van der Waals surface area contributed by atoms with E-state index >= 15 is 0 Å². The minimum Gasteiger partial charge on any atom is -0.480 e. The van der Waals surface area contributed by atoms with Crippen LogP contribution in [-0.2, 0) is 22.8 Å². The second-order valence-electron chi connectivity index (χ2n) is 11.9. The minimum atomic E-state index is -0.980. The van der Waals surface area contributed by atoms with E-state index in [9.17, 15) is 13.8 Å². The third-order valence-electron chi connectivity index (χ3n) is 9.00. The molecule has 1 aromatic carbocycles. The molecule has 15 heteroatoms. The number of hydrogen-bond acceptors (Lipinski definition) is 9. The smallest absolute Gasteiger partial charge is 0.329 e. The lowest BCUT2D eigenvalue weighted by Crippen LogP contribution is -2.49. The number of amides is 3. The standard InChI is InChI=1S/C30H40ClN9O4S/c1-37-25-18-21(4-5-23(25)27(36-37)40-16-10-26(41)34-30(40)42)20-6-12-38(13-7-20)11-3-17-45(43)39-14-8-22(9-15-39)33-29-32-19-24(31)28(35-29)44-2/h4-5,18-20,22H,3,6-17H2,1-2H3,(H,32,33,35)(H,34,41,42). The van der Waals surface area contributed by atoms with Crippen LogP contribution in [0.15, 0.2) is 24.4 Å². The molecule has 0 aliphatic carbocycles. The topological polar surface area (TPSA) is 138 Å². The number of benzene rings is 1. The van der Waals surface area contributed by atoms with Crippen LogP contribution >= 0.6 is 11.6 Å². The lowest BCUT2D eigenvalue weighted by molar-refractivity contribution is -0.120. The number of fused-ring (bicyclic) bond motifs is 1. The molecule has 5 heterocycles. The predicted octanol–water partition coefficient (Wildman–Crippen LogP) is 3.28. The van der Waals surface area contributed by atoms with E-state index < -0.39 is 17.0 Å². The van der Waals surface area contributed by atoms with Crippen molar-refractivity contribution in [2.45, 2.75) is 50.5 Å². The van der Waals surface area contributed by atoms with Crippen LogP contribution in [-0.4, -0.2) is 103 Å². The van der Waals surface area contributed by atoms with Crippen LogP contribution in [0.5, 0.6) is 5.88 Å². The number of aryl methyl sites for hydroxylation is 1. The molecule has 3 aliphatic heterocycles. The predicted molar refractivity (Wildman–Crippen MR) is 174 cm³/mol. The number of anilines is 2. The summed E-state index contributed by atoms with van der Waals surface area (Å²) < 4.78 is 22.1. The number of rotatable bonds is 10. The average Bonchev–Trinajstić information content (AvgIpc) is 3.37. The van der Waals surface area contributed by atoms with Crippen molar-refractivity contribution in [3.05, 3.63) is 35.0 Å². The van der Waals surface area contributed by atoms with Gasteiger partial charge in [-0.15, -0.1) is 0 Å². The molecular formula is C30H40ClN9O4S. The highest BCUT2D eigenvalue weighted by molar-refractivity contribution is 7.82. The fraction of sp³-hybridized carbons (Fsp3) is 0.567. The molecule has 3 fully saturated rings. The number of urea groups is 1. The SMILES string of the molecule is COc1nc(NC2CCN(S(=O)CCCN3CCC(c4ccc5c(N6CCC(=O)NC6=O)nn(C)c5c4)CC3)CC2)ncc1Cl. The third kappa shape index (κ3) is 7.24. The summed E-state index contributed by atoms with van der Waals surface area (Å²) in [6.07, 6.45) is 6.59. The van der Waals surface area contributed by atoms with Crippen molar-refractivity contribution in [3.8, 4) is 5.88 Å². The molecule has 45 heavy (non-hydrogen) atoms. The molecule has 2 N–H and O–H groups in total. The van der Waals surface area contributed by atoms with Crippen LogP contribution in [0.2, 0.25) is 5.02 Å². The van der Waals surface area contributed by atoms with E-state index in [2.05, 4.69) is 53.1 Å². The average molecular weight is 658 g/mol. The van der Waals surface area contributed by atoms with Gasteiger partial charge in [-0.1, -0.05) is 17.7 Å². The number of nitrogens with zero attached hydrogens (tertiary/aromatic N) is 7. The Morgan fingerprint density at radius 1 is 1.11 bits per heavy atom. The summed E-state index contributed by atoms with van der Waals surface area (Å²) in [4.78, 5) is 36.6. The number of piperidine rings is 2. The largest absolute Gasteiger partial charge is 0.480 e. The molecule has 0 radical (unpaired) electrons. The molecule has 1 unspecified atom stereocenters. The van der Waals surface area contributed by atoms with Gasteiger partial charge in [0, 0.05) is 50.3 Å². The summed E-state index contributed by atoms with van der Waals surface area (Å²) in [6, 6.07) is 6.20. The molecule has 242 valence electrons. The van der Waals surface area contributed by atoms with Crippen molar-refractivity contribution in [1.29, 1.82) is 0 Å². The number of likely N-dealkylation sites (tertiary alicyclic amines) is 1. The van der Waals surface area contributed by atoms with E-state index in [1.54, 1.807) is 4.90 Å². The highest BCUT2D eigenvalue weighted by atomic mass is 35.5. The van der Waals surface area contributed by atoms with Crippen molar-refractivity contribution >= 4 is 57.2 Å². The number of nitrogens with one attached hydrogen (secondary N) is 2. The Balaban J connectivity index is 0.931. The van der Waals surface area contributed by atoms with Gasteiger partial charge in [0.2, 0.25) is 17.7 Å². The molecule has 0 bridgehead atoms. The van der Waals surface area contributed by atoms with Crippen molar-refractivity contribution in [1.82, 2.24) is 34.3 Å². The van der Waals surface area contributed by atoms with Gasteiger partial charge in [0.1, 0.15) is 5.02 Å². The van der Waals surface area contributed by atoms with E-state index in [0.717, 1.165) is 75.7 Å². The van der Waals surface area contributed by atoms with Crippen molar-refractivity contribution in [2.24, 2.45) is 7.05 Å². The normalized spacial score (nSPS) is 20.0. The van der Waals surface area contributed by atoms with Crippen LogP contribution in [0.25, 0.3) is 10.9 Å². The van der Waals surface area contributed by atoms with Gasteiger partial charge in [0.05, 0.1) is 29.8 Å². The summed E-state index contributed by atoms with van der Waals surface area (Å²) in [6.45, 7) is 4.86. The lowest BCUT2D eigenvalue weighted by Gasteiger charge is -2.33. The van der Waals surface area contributed by atoms with E-state index in [0.29, 0.717) is 40.9 Å². The third-order valence-corrected chi connectivity index (χ3v) is 10.8. The Morgan fingerprint density at radius 3 is 2.62 bits per heavy atom. The zero-order valence-electron chi connectivity index (χ0n) is 25.7. The first-order valence-corrected chi connectivity index (χ1v) is 17.2. The number of carbonyl (C=O) groups is 2. The molecule has 3 aromatic rings. The molecule has 2 aromatic heterocycles. The molecule has 3 amide bonds. The van der Waals surface area contributed by atoms with Gasteiger partial charge in [-0.2, -0.15) is 10.1 Å². The maximum Gasteiger partial charge on any atom is 0.329 e. The maximum atomic E-state index is 13.0. The van der Waals surface area contributed by atoms with Gasteiger partial charge in [-0.05, 0) is 75.4 Å². The highest BCUT2D eigenvalue weighted by Crippen LogP contribution is 2.33. The molecule has 1 atom stereocenters. The van der Waals surface area contributed by atoms with Crippen molar-refractivity contribution < 1.29 is 18.5 Å². The fourth-order valence-electron chi connectivity index (χ4n) is 6.46. The Hall–Kier alpha value is -3.33. The second-order valence-corrected chi connectivity index (χ2v) is 13.8. The summed E-state index contributed by atoms with van der Waals surface area (Å²) >= 11 is 6.02. The van der Waals surface area contributed by atoms with Gasteiger partial charge in [-0.3, -0.25) is 19.7 Å². The number of carbonyl (C=O) groups excluding carboxylic acids is 2. The van der Waals surface area contributed by atoms with Crippen LogP contribution in [0.3, 0.4) is 0 Å². The van der Waals surface area contributed by atoms with Crippen molar-refractivity contribution in [3.63, 3.8) is 0 Å². The molecule has 3 saturated heterocycles. The number of halogens is 1. The van der Waals surface area contributed by atoms with Crippen LogP contribution < -0.4 is 20.3 Å². The number of hydrogen-bond donors (Lipinski definition) is 2. The fourth-order valence-corrected chi connectivity index (χ4v) is 7.88. The first kappa shape index (κ1) is 31.6. The summed E-state index contributed by atoms with van der Waals surface area (Å²) in [7, 11) is 2.44. The molecule has 3 aliphatic rings. The number of aromatic nitrogens is 4. The van der Waals surface area contributed by atoms with Crippen LogP contribution in [0.4, 0.5) is 16.6 Å².